The minimum absolute atomic E-state index is 0.458. The lowest BCUT2D eigenvalue weighted by molar-refractivity contribution is 0.269. The van der Waals surface area contributed by atoms with Crippen molar-refractivity contribution in [3.05, 3.63) is 83.0 Å². The molecular formula is C23H25ClN2O3. The SMILES string of the molecule is CCOc1cc(CNCCOc2ccccn2)ccc1OCc1ccc(Cl)cc1. The van der Waals surface area contributed by atoms with Gasteiger partial charge in [-0.3, -0.25) is 0 Å². The van der Waals surface area contributed by atoms with Crippen LogP contribution in [0.3, 0.4) is 0 Å². The van der Waals surface area contributed by atoms with E-state index in [1.54, 1.807) is 6.20 Å². The number of benzene rings is 2. The van der Waals surface area contributed by atoms with Gasteiger partial charge in [-0.2, -0.15) is 0 Å². The van der Waals surface area contributed by atoms with Crippen molar-refractivity contribution >= 4 is 11.6 Å². The fourth-order valence-electron chi connectivity index (χ4n) is 2.68. The van der Waals surface area contributed by atoms with Crippen LogP contribution in [0.1, 0.15) is 18.1 Å². The van der Waals surface area contributed by atoms with Crippen molar-refractivity contribution in [1.82, 2.24) is 10.3 Å². The molecule has 29 heavy (non-hydrogen) atoms. The van der Waals surface area contributed by atoms with E-state index in [4.69, 9.17) is 25.8 Å². The molecule has 0 amide bonds. The lowest BCUT2D eigenvalue weighted by Gasteiger charge is -2.14. The molecule has 3 rings (SSSR count). The van der Waals surface area contributed by atoms with Gasteiger partial charge in [-0.1, -0.05) is 35.9 Å². The summed E-state index contributed by atoms with van der Waals surface area (Å²) in [5, 5.41) is 4.08. The minimum atomic E-state index is 0.458. The highest BCUT2D eigenvalue weighted by Crippen LogP contribution is 2.29. The number of aromatic nitrogens is 1. The summed E-state index contributed by atoms with van der Waals surface area (Å²) >= 11 is 5.93. The van der Waals surface area contributed by atoms with Gasteiger partial charge in [0.25, 0.3) is 0 Å². The lowest BCUT2D eigenvalue weighted by Crippen LogP contribution is -2.20. The Morgan fingerprint density at radius 1 is 0.897 bits per heavy atom. The molecule has 3 aromatic rings. The molecule has 0 aliphatic heterocycles. The maximum absolute atomic E-state index is 5.95. The number of hydrogen-bond acceptors (Lipinski definition) is 5. The van der Waals surface area contributed by atoms with E-state index in [1.165, 1.54) is 0 Å². The zero-order chi connectivity index (χ0) is 20.3. The zero-order valence-corrected chi connectivity index (χ0v) is 17.2. The Morgan fingerprint density at radius 3 is 2.48 bits per heavy atom. The first-order chi connectivity index (χ1) is 14.2. The molecule has 1 heterocycles. The molecule has 0 bridgehead atoms. The van der Waals surface area contributed by atoms with Crippen LogP contribution in [0.4, 0.5) is 0 Å². The summed E-state index contributed by atoms with van der Waals surface area (Å²) in [4.78, 5) is 4.13. The number of nitrogens with one attached hydrogen (secondary N) is 1. The minimum Gasteiger partial charge on any atom is -0.490 e. The Labute approximate surface area is 176 Å². The van der Waals surface area contributed by atoms with Crippen LogP contribution in [0.25, 0.3) is 0 Å². The van der Waals surface area contributed by atoms with Crippen molar-refractivity contribution in [3.63, 3.8) is 0 Å². The molecule has 2 aromatic carbocycles. The Balaban J connectivity index is 1.49. The predicted octanol–water partition coefficient (Wildman–Crippen LogP) is 4.88. The topological polar surface area (TPSA) is 52.6 Å². The van der Waals surface area contributed by atoms with E-state index < -0.39 is 0 Å². The monoisotopic (exact) mass is 412 g/mol. The van der Waals surface area contributed by atoms with Gasteiger partial charge in [0.15, 0.2) is 11.5 Å². The van der Waals surface area contributed by atoms with Crippen LogP contribution in [0, 0.1) is 0 Å². The molecule has 0 saturated heterocycles. The van der Waals surface area contributed by atoms with Crippen LogP contribution in [-0.2, 0) is 13.2 Å². The van der Waals surface area contributed by atoms with Gasteiger partial charge in [-0.05, 0) is 48.4 Å². The number of ether oxygens (including phenoxy) is 3. The van der Waals surface area contributed by atoms with Gasteiger partial charge in [0.2, 0.25) is 5.88 Å². The molecule has 0 unspecified atom stereocenters. The van der Waals surface area contributed by atoms with Gasteiger partial charge in [-0.25, -0.2) is 4.98 Å². The largest absolute Gasteiger partial charge is 0.490 e. The van der Waals surface area contributed by atoms with Crippen LogP contribution in [0.15, 0.2) is 66.9 Å². The summed E-state index contributed by atoms with van der Waals surface area (Å²) in [6.45, 7) is 4.98. The second-order valence-corrected chi connectivity index (χ2v) is 6.76. The molecular weight excluding hydrogens is 388 g/mol. The van der Waals surface area contributed by atoms with Gasteiger partial charge in [0.05, 0.1) is 6.61 Å². The van der Waals surface area contributed by atoms with Gasteiger partial charge < -0.3 is 19.5 Å². The Morgan fingerprint density at radius 2 is 1.72 bits per heavy atom. The molecule has 1 N–H and O–H groups in total. The second-order valence-electron chi connectivity index (χ2n) is 6.32. The van der Waals surface area contributed by atoms with Crippen molar-refractivity contribution in [2.45, 2.75) is 20.1 Å². The van der Waals surface area contributed by atoms with E-state index >= 15 is 0 Å². The number of pyridine rings is 1. The quantitative estimate of drug-likeness (QED) is 0.455. The summed E-state index contributed by atoms with van der Waals surface area (Å²) in [6, 6.07) is 19.2. The number of hydrogen-bond donors (Lipinski definition) is 1. The van der Waals surface area contributed by atoms with Gasteiger partial charge in [-0.15, -0.1) is 0 Å². The Bertz CT molecular complexity index is 873. The van der Waals surface area contributed by atoms with Gasteiger partial charge in [0, 0.05) is 30.4 Å². The first-order valence-electron chi connectivity index (χ1n) is 9.62. The molecule has 5 nitrogen and oxygen atoms in total. The molecule has 0 atom stereocenters. The lowest BCUT2D eigenvalue weighted by atomic mass is 10.2. The highest BCUT2D eigenvalue weighted by molar-refractivity contribution is 6.30. The van der Waals surface area contributed by atoms with Crippen molar-refractivity contribution < 1.29 is 14.2 Å². The standard InChI is InChI=1S/C23H25ClN2O3/c1-2-27-22-15-19(16-25-13-14-28-23-5-3-4-12-26-23)8-11-21(22)29-17-18-6-9-20(24)10-7-18/h3-12,15,25H,2,13-14,16-17H2,1H3. The molecule has 0 spiro atoms. The molecule has 0 radical (unpaired) electrons. The number of halogens is 1. The van der Waals surface area contributed by atoms with Crippen molar-refractivity contribution in [2.75, 3.05) is 19.8 Å². The highest BCUT2D eigenvalue weighted by atomic mass is 35.5. The molecule has 0 aliphatic carbocycles. The van der Waals surface area contributed by atoms with Crippen LogP contribution >= 0.6 is 11.6 Å². The van der Waals surface area contributed by atoms with Crippen molar-refractivity contribution in [1.29, 1.82) is 0 Å². The summed E-state index contributed by atoms with van der Waals surface area (Å²) in [5.74, 6) is 2.10. The van der Waals surface area contributed by atoms with Crippen molar-refractivity contribution in [2.24, 2.45) is 0 Å². The third-order valence-electron chi connectivity index (χ3n) is 4.11. The Kier molecular flexibility index (Phi) is 8.16. The molecule has 1 aromatic heterocycles. The van der Waals surface area contributed by atoms with E-state index in [0.717, 1.165) is 29.2 Å². The van der Waals surface area contributed by atoms with Crippen molar-refractivity contribution in [3.8, 4) is 17.4 Å². The molecule has 152 valence electrons. The van der Waals surface area contributed by atoms with Crippen LogP contribution in [0.2, 0.25) is 5.02 Å². The zero-order valence-electron chi connectivity index (χ0n) is 16.4. The van der Waals surface area contributed by atoms with Gasteiger partial charge >= 0.3 is 0 Å². The van der Waals surface area contributed by atoms with E-state index in [1.807, 2.05) is 67.6 Å². The van der Waals surface area contributed by atoms with E-state index in [0.29, 0.717) is 37.3 Å². The first-order valence-corrected chi connectivity index (χ1v) is 10.00. The average molecular weight is 413 g/mol. The third-order valence-corrected chi connectivity index (χ3v) is 4.36. The first kappa shape index (κ1) is 21.0. The normalized spacial score (nSPS) is 10.6. The fraction of sp³-hybridized carbons (Fsp3) is 0.261. The number of nitrogens with zero attached hydrogens (tertiary/aromatic N) is 1. The van der Waals surface area contributed by atoms with Crippen LogP contribution in [0.5, 0.6) is 17.4 Å². The highest BCUT2D eigenvalue weighted by Gasteiger charge is 2.07. The Hall–Kier alpha value is -2.76. The van der Waals surface area contributed by atoms with E-state index in [-0.39, 0.29) is 0 Å². The maximum atomic E-state index is 5.95. The average Bonchev–Trinajstić information content (AvgIpc) is 2.75. The smallest absolute Gasteiger partial charge is 0.213 e. The predicted molar refractivity (Wildman–Crippen MR) is 115 cm³/mol. The van der Waals surface area contributed by atoms with Gasteiger partial charge in [0.1, 0.15) is 13.2 Å². The van der Waals surface area contributed by atoms with Crippen LogP contribution in [-0.4, -0.2) is 24.7 Å². The molecule has 0 saturated carbocycles. The maximum Gasteiger partial charge on any atom is 0.213 e. The summed E-state index contributed by atoms with van der Waals surface area (Å²) in [6.07, 6.45) is 1.72. The summed E-state index contributed by atoms with van der Waals surface area (Å²) in [5.41, 5.74) is 2.17. The van der Waals surface area contributed by atoms with E-state index in [2.05, 4.69) is 10.3 Å². The molecule has 0 fully saturated rings. The fourth-order valence-corrected chi connectivity index (χ4v) is 2.81. The van der Waals surface area contributed by atoms with E-state index in [9.17, 15) is 0 Å². The van der Waals surface area contributed by atoms with Crippen LogP contribution < -0.4 is 19.5 Å². The summed E-state index contributed by atoms with van der Waals surface area (Å²) in [7, 11) is 0. The number of rotatable bonds is 11. The molecule has 6 heteroatoms. The second kappa shape index (κ2) is 11.3. The summed E-state index contributed by atoms with van der Waals surface area (Å²) < 4.78 is 17.3. The third kappa shape index (κ3) is 6.97. The molecule has 0 aliphatic rings.